The van der Waals surface area contributed by atoms with Crippen molar-refractivity contribution in [2.75, 3.05) is 18.7 Å². The number of thiazole rings is 1. The van der Waals surface area contributed by atoms with E-state index < -0.39 is 0 Å². The van der Waals surface area contributed by atoms with Crippen LogP contribution in [0.3, 0.4) is 0 Å². The molecule has 126 valence electrons. The van der Waals surface area contributed by atoms with Gasteiger partial charge in [-0.1, -0.05) is 22.5 Å². The predicted octanol–water partition coefficient (Wildman–Crippen LogP) is 4.82. The number of hydrogen-bond acceptors (Lipinski definition) is 8. The maximum absolute atomic E-state index is 5.69. The molecule has 1 N–H and O–H groups in total. The summed E-state index contributed by atoms with van der Waals surface area (Å²) in [5.74, 6) is 1.16. The average molecular weight is 370 g/mol. The van der Waals surface area contributed by atoms with Gasteiger partial charge in [0.25, 0.3) is 0 Å². The van der Waals surface area contributed by atoms with Gasteiger partial charge in [0.1, 0.15) is 5.75 Å². The smallest absolute Gasteiger partial charge is 0.322 e. The van der Waals surface area contributed by atoms with Crippen molar-refractivity contribution < 1.29 is 9.15 Å². The van der Waals surface area contributed by atoms with Crippen LogP contribution in [0.5, 0.6) is 5.75 Å². The van der Waals surface area contributed by atoms with Crippen molar-refractivity contribution in [2.45, 2.75) is 4.90 Å². The van der Waals surface area contributed by atoms with Crippen molar-refractivity contribution in [3.8, 4) is 17.2 Å². The first-order valence-corrected chi connectivity index (χ1v) is 9.49. The molecule has 0 atom stereocenters. The van der Waals surface area contributed by atoms with E-state index in [-0.39, 0.29) is 0 Å². The number of benzene rings is 2. The van der Waals surface area contributed by atoms with E-state index >= 15 is 0 Å². The van der Waals surface area contributed by atoms with E-state index in [9.17, 15) is 0 Å². The molecule has 0 bridgehead atoms. The second-order valence-corrected chi connectivity index (χ2v) is 7.03. The fraction of sp³-hybridized carbons (Fsp3) is 0.118. The number of fused-ring (bicyclic) bond motifs is 1. The second-order valence-electron chi connectivity index (χ2n) is 5.12. The molecule has 6 nitrogen and oxygen atoms in total. The quantitative estimate of drug-likeness (QED) is 0.505. The van der Waals surface area contributed by atoms with Crippen LogP contribution in [-0.4, -0.2) is 28.5 Å². The van der Waals surface area contributed by atoms with E-state index in [1.54, 1.807) is 30.2 Å². The summed E-state index contributed by atoms with van der Waals surface area (Å²) < 4.78 is 12.0. The van der Waals surface area contributed by atoms with Crippen molar-refractivity contribution in [1.82, 2.24) is 15.2 Å². The zero-order valence-corrected chi connectivity index (χ0v) is 15.1. The van der Waals surface area contributed by atoms with Crippen LogP contribution in [0.15, 0.2) is 51.8 Å². The van der Waals surface area contributed by atoms with E-state index in [0.29, 0.717) is 17.0 Å². The summed E-state index contributed by atoms with van der Waals surface area (Å²) in [4.78, 5) is 5.75. The number of thioether (sulfide) groups is 1. The molecule has 0 amide bonds. The first-order valence-electron chi connectivity index (χ1n) is 7.45. The number of nitrogens with zero attached hydrogens (tertiary/aromatic N) is 3. The molecule has 0 saturated heterocycles. The molecule has 2 heterocycles. The van der Waals surface area contributed by atoms with E-state index in [0.717, 1.165) is 21.5 Å². The van der Waals surface area contributed by atoms with Crippen LogP contribution in [0.1, 0.15) is 0 Å². The van der Waals surface area contributed by atoms with Gasteiger partial charge in [-0.3, -0.25) is 5.32 Å². The van der Waals surface area contributed by atoms with E-state index in [2.05, 4.69) is 38.9 Å². The number of nitrogens with one attached hydrogen (secondary N) is 1. The largest absolute Gasteiger partial charge is 0.497 e. The Kier molecular flexibility index (Phi) is 4.29. The molecule has 0 unspecified atom stereocenters. The lowest BCUT2D eigenvalue weighted by Gasteiger charge is -2.00. The van der Waals surface area contributed by atoms with Crippen LogP contribution < -0.4 is 10.1 Å². The highest BCUT2D eigenvalue weighted by molar-refractivity contribution is 7.98. The molecular formula is C17H14N4O2S2. The second kappa shape index (κ2) is 6.73. The fourth-order valence-corrected chi connectivity index (χ4v) is 3.73. The van der Waals surface area contributed by atoms with Crippen LogP contribution in [0.4, 0.5) is 11.1 Å². The number of rotatable bonds is 5. The highest BCUT2D eigenvalue weighted by Crippen LogP contribution is 2.31. The summed E-state index contributed by atoms with van der Waals surface area (Å²) in [5, 5.41) is 11.9. The molecule has 4 rings (SSSR count). The fourth-order valence-electron chi connectivity index (χ4n) is 2.32. The molecule has 25 heavy (non-hydrogen) atoms. The topological polar surface area (TPSA) is 73.1 Å². The molecule has 2 aromatic heterocycles. The highest BCUT2D eigenvalue weighted by atomic mass is 32.2. The summed E-state index contributed by atoms with van der Waals surface area (Å²) in [6.07, 6.45) is 2.06. The highest BCUT2D eigenvalue weighted by Gasteiger charge is 2.12. The van der Waals surface area contributed by atoms with Crippen molar-refractivity contribution >= 4 is 44.5 Å². The van der Waals surface area contributed by atoms with Gasteiger partial charge in [0.05, 0.1) is 17.3 Å². The first-order chi connectivity index (χ1) is 12.2. The molecule has 4 aromatic rings. The Morgan fingerprint density at radius 1 is 1.16 bits per heavy atom. The summed E-state index contributed by atoms with van der Waals surface area (Å²) >= 11 is 3.26. The van der Waals surface area contributed by atoms with Crippen molar-refractivity contribution in [1.29, 1.82) is 0 Å². The minimum absolute atomic E-state index is 0.307. The molecule has 8 heteroatoms. The summed E-state index contributed by atoms with van der Waals surface area (Å²) in [5.41, 5.74) is 1.74. The van der Waals surface area contributed by atoms with Crippen molar-refractivity contribution in [3.63, 3.8) is 0 Å². The first kappa shape index (κ1) is 15.9. The lowest BCUT2D eigenvalue weighted by Crippen LogP contribution is -1.88. The zero-order chi connectivity index (χ0) is 17.2. The molecule has 0 aliphatic heterocycles. The van der Waals surface area contributed by atoms with Crippen LogP contribution >= 0.6 is 23.1 Å². The predicted molar refractivity (Wildman–Crippen MR) is 101 cm³/mol. The minimum Gasteiger partial charge on any atom is -0.497 e. The number of hydrogen-bond donors (Lipinski definition) is 1. The van der Waals surface area contributed by atoms with Gasteiger partial charge in [-0.05, 0) is 42.7 Å². The molecule has 0 saturated carbocycles. The van der Waals surface area contributed by atoms with Gasteiger partial charge in [-0.15, -0.1) is 16.9 Å². The molecule has 0 spiro atoms. The third-order valence-electron chi connectivity index (χ3n) is 3.55. The van der Waals surface area contributed by atoms with Crippen LogP contribution in [0.2, 0.25) is 0 Å². The number of anilines is 2. The molecule has 2 aromatic carbocycles. The Bertz CT molecular complexity index is 1030. The van der Waals surface area contributed by atoms with Crippen molar-refractivity contribution in [3.05, 3.63) is 42.5 Å². The maximum Gasteiger partial charge on any atom is 0.322 e. The van der Waals surface area contributed by atoms with Gasteiger partial charge >= 0.3 is 6.01 Å². The van der Waals surface area contributed by atoms with Gasteiger partial charge in [0.15, 0.2) is 5.13 Å². The molecule has 0 aliphatic rings. The van der Waals surface area contributed by atoms with E-state index in [4.69, 9.17) is 9.15 Å². The number of aromatic nitrogens is 3. The SMILES string of the molecule is COc1cccc(-c2nnc(Nc3nc4ccc(SC)cc4s3)o2)c1. The average Bonchev–Trinajstić information content (AvgIpc) is 3.27. The minimum atomic E-state index is 0.307. The van der Waals surface area contributed by atoms with Gasteiger partial charge < -0.3 is 9.15 Å². The Balaban J connectivity index is 1.58. The molecular weight excluding hydrogens is 356 g/mol. The van der Waals surface area contributed by atoms with E-state index in [1.807, 2.05) is 30.3 Å². The maximum atomic E-state index is 5.69. The van der Waals surface area contributed by atoms with Crippen LogP contribution in [-0.2, 0) is 0 Å². The molecule has 0 fully saturated rings. The Morgan fingerprint density at radius 2 is 2.08 bits per heavy atom. The number of methoxy groups -OCH3 is 1. The van der Waals surface area contributed by atoms with Gasteiger partial charge in [0, 0.05) is 10.5 Å². The lowest BCUT2D eigenvalue weighted by molar-refractivity contribution is 0.415. The van der Waals surface area contributed by atoms with E-state index in [1.165, 1.54) is 4.90 Å². The Labute approximate surface area is 152 Å². The van der Waals surface area contributed by atoms with Crippen LogP contribution in [0, 0.1) is 0 Å². The number of ether oxygens (including phenoxy) is 1. The third kappa shape index (κ3) is 3.31. The Morgan fingerprint density at radius 3 is 2.92 bits per heavy atom. The normalized spacial score (nSPS) is 11.0. The summed E-state index contributed by atoms with van der Waals surface area (Å²) in [6, 6.07) is 14.0. The molecule has 0 aliphatic carbocycles. The summed E-state index contributed by atoms with van der Waals surface area (Å²) in [7, 11) is 1.62. The molecule has 0 radical (unpaired) electrons. The Hall–Kier alpha value is -2.58. The zero-order valence-electron chi connectivity index (χ0n) is 13.5. The van der Waals surface area contributed by atoms with Crippen LogP contribution in [0.25, 0.3) is 21.7 Å². The standard InChI is InChI=1S/C17H14N4O2S2/c1-22-11-5-3-4-10(8-11)15-20-21-16(23-15)19-17-18-13-7-6-12(24-2)9-14(13)25-17/h3-9H,1-2H3,(H,18,19,21). The van der Waals surface area contributed by atoms with Gasteiger partial charge in [0.2, 0.25) is 5.89 Å². The summed E-state index contributed by atoms with van der Waals surface area (Å²) in [6.45, 7) is 0. The van der Waals surface area contributed by atoms with Crippen molar-refractivity contribution in [2.24, 2.45) is 0 Å². The monoisotopic (exact) mass is 370 g/mol. The third-order valence-corrected chi connectivity index (χ3v) is 5.21. The van der Waals surface area contributed by atoms with Gasteiger partial charge in [-0.25, -0.2) is 4.98 Å². The van der Waals surface area contributed by atoms with Gasteiger partial charge in [-0.2, -0.15) is 0 Å². The lowest BCUT2D eigenvalue weighted by atomic mass is 10.2.